The van der Waals surface area contributed by atoms with E-state index in [9.17, 15) is 9.67 Å². The van der Waals surface area contributed by atoms with Crippen molar-refractivity contribution in [2.24, 2.45) is 0 Å². The first kappa shape index (κ1) is 20.2. The molecule has 3 aromatic carbocycles. The Morgan fingerprint density at radius 1 is 0.857 bits per heavy atom. The molecule has 0 fully saturated rings. The predicted octanol–water partition coefficient (Wildman–Crippen LogP) is 3.97. The summed E-state index contributed by atoms with van der Waals surface area (Å²) in [5.74, 6) is -1.41. The Labute approximate surface area is 162 Å². The minimum absolute atomic E-state index is 0.155. The zero-order valence-electron chi connectivity index (χ0n) is 15.0. The van der Waals surface area contributed by atoms with Gasteiger partial charge in [0.05, 0.1) is 6.61 Å². The fourth-order valence-electron chi connectivity index (χ4n) is 3.13. The number of hydrogen-bond acceptors (Lipinski definition) is 3. The molecule has 0 unspecified atom stereocenters. The molecule has 5 nitrogen and oxygen atoms in total. The van der Waals surface area contributed by atoms with Crippen LogP contribution in [0.25, 0.3) is 0 Å². The molecule has 0 aliphatic carbocycles. The zero-order valence-corrected chi connectivity index (χ0v) is 15.8. The van der Waals surface area contributed by atoms with Gasteiger partial charge in [0.2, 0.25) is 0 Å². The number of hydrogen-bond donors (Lipinski definition) is 3. The van der Waals surface area contributed by atoms with Gasteiger partial charge in [-0.2, -0.15) is 0 Å². The molecule has 0 radical (unpaired) electrons. The standard InChI is InChI=1S/C21H20FO5P/c22-21-18(12-16-9-5-2-6-10-16)19(14-23)17(11-15-7-3-1-4-8-15)13-20(21)27-28(24,25)26/h1-10,13,23H,11-12,14H2,(H2,24,25,26). The zero-order chi connectivity index (χ0) is 20.1. The predicted molar refractivity (Wildman–Crippen MR) is 103 cm³/mol. The average Bonchev–Trinajstić information content (AvgIpc) is 2.66. The van der Waals surface area contributed by atoms with Crippen molar-refractivity contribution in [1.82, 2.24) is 0 Å². The molecule has 146 valence electrons. The molecule has 7 heteroatoms. The Balaban J connectivity index is 2.12. The molecular weight excluding hydrogens is 382 g/mol. The number of aliphatic hydroxyl groups is 1. The van der Waals surface area contributed by atoms with Crippen LogP contribution in [0.2, 0.25) is 0 Å². The first-order chi connectivity index (χ1) is 13.4. The minimum atomic E-state index is -4.95. The second-order valence-corrected chi connectivity index (χ2v) is 7.53. The van der Waals surface area contributed by atoms with Crippen molar-refractivity contribution < 1.29 is 28.4 Å². The number of phosphoric ester groups is 1. The van der Waals surface area contributed by atoms with E-state index in [-0.39, 0.29) is 12.0 Å². The molecule has 0 heterocycles. The molecule has 3 rings (SSSR count). The van der Waals surface area contributed by atoms with E-state index < -0.39 is 26.0 Å². The summed E-state index contributed by atoms with van der Waals surface area (Å²) in [7, 11) is -4.95. The number of aliphatic hydroxyl groups excluding tert-OH is 1. The van der Waals surface area contributed by atoms with Crippen LogP contribution in [-0.4, -0.2) is 14.9 Å². The van der Waals surface area contributed by atoms with Crippen molar-refractivity contribution in [3.8, 4) is 5.75 Å². The summed E-state index contributed by atoms with van der Waals surface area (Å²) in [5.41, 5.74) is 2.81. The number of phosphoric acid groups is 1. The molecule has 0 spiro atoms. The van der Waals surface area contributed by atoms with E-state index in [1.165, 1.54) is 6.07 Å². The van der Waals surface area contributed by atoms with Crippen LogP contribution in [0.15, 0.2) is 66.7 Å². The minimum Gasteiger partial charge on any atom is -0.401 e. The highest BCUT2D eigenvalue weighted by atomic mass is 31.2. The number of rotatable bonds is 7. The van der Waals surface area contributed by atoms with E-state index in [4.69, 9.17) is 9.79 Å². The molecule has 0 amide bonds. The van der Waals surface area contributed by atoms with Gasteiger partial charge >= 0.3 is 7.82 Å². The van der Waals surface area contributed by atoms with Crippen LogP contribution in [0, 0.1) is 5.82 Å². The van der Waals surface area contributed by atoms with Crippen molar-refractivity contribution >= 4 is 7.82 Å². The van der Waals surface area contributed by atoms with Crippen LogP contribution in [-0.2, 0) is 24.0 Å². The molecule has 0 atom stereocenters. The highest BCUT2D eigenvalue weighted by Gasteiger charge is 2.24. The van der Waals surface area contributed by atoms with Gasteiger partial charge in [0, 0.05) is 12.0 Å². The molecule has 0 aliphatic heterocycles. The van der Waals surface area contributed by atoms with Gasteiger partial charge in [0.1, 0.15) is 0 Å². The molecule has 3 N–H and O–H groups in total. The summed E-state index contributed by atoms with van der Waals surface area (Å²) in [5, 5.41) is 9.94. The summed E-state index contributed by atoms with van der Waals surface area (Å²) < 4.78 is 31.0. The lowest BCUT2D eigenvalue weighted by atomic mass is 9.92. The van der Waals surface area contributed by atoms with Crippen molar-refractivity contribution in [3.63, 3.8) is 0 Å². The lowest BCUT2D eigenvalue weighted by Gasteiger charge is -2.18. The summed E-state index contributed by atoms with van der Waals surface area (Å²) in [6.45, 7) is -0.405. The average molecular weight is 402 g/mol. The van der Waals surface area contributed by atoms with Crippen molar-refractivity contribution in [2.45, 2.75) is 19.4 Å². The quantitative estimate of drug-likeness (QED) is 0.521. The maximum Gasteiger partial charge on any atom is 0.524 e. The lowest BCUT2D eigenvalue weighted by molar-refractivity contribution is 0.273. The highest BCUT2D eigenvalue weighted by molar-refractivity contribution is 7.46. The van der Waals surface area contributed by atoms with Gasteiger partial charge in [0.15, 0.2) is 11.6 Å². The second kappa shape index (κ2) is 8.67. The molecule has 0 bridgehead atoms. The Morgan fingerprint density at radius 2 is 1.39 bits per heavy atom. The van der Waals surface area contributed by atoms with Gasteiger partial charge in [-0.25, -0.2) is 8.96 Å². The summed E-state index contributed by atoms with van der Waals surface area (Å²) in [6.07, 6.45) is 0.513. The highest BCUT2D eigenvalue weighted by Crippen LogP contribution is 2.41. The van der Waals surface area contributed by atoms with Gasteiger partial charge in [0.25, 0.3) is 0 Å². The Kier molecular flexibility index (Phi) is 6.27. The van der Waals surface area contributed by atoms with Crippen LogP contribution in [0.4, 0.5) is 4.39 Å². The van der Waals surface area contributed by atoms with E-state index in [0.717, 1.165) is 11.1 Å². The van der Waals surface area contributed by atoms with Gasteiger partial charge in [-0.15, -0.1) is 0 Å². The Hall–Kier alpha value is -2.50. The third-order valence-corrected chi connectivity index (χ3v) is 4.81. The smallest absolute Gasteiger partial charge is 0.401 e. The largest absolute Gasteiger partial charge is 0.524 e. The van der Waals surface area contributed by atoms with Crippen molar-refractivity contribution in [2.75, 3.05) is 0 Å². The van der Waals surface area contributed by atoms with Crippen LogP contribution < -0.4 is 4.52 Å². The van der Waals surface area contributed by atoms with E-state index in [1.807, 2.05) is 60.7 Å². The fraction of sp³-hybridized carbons (Fsp3) is 0.143. The molecule has 0 aliphatic rings. The van der Waals surface area contributed by atoms with Crippen LogP contribution in [0.5, 0.6) is 5.75 Å². The SMILES string of the molecule is O=P(O)(O)Oc1cc(Cc2ccccc2)c(CO)c(Cc2ccccc2)c1F. The first-order valence-electron chi connectivity index (χ1n) is 8.64. The Morgan fingerprint density at radius 3 is 1.89 bits per heavy atom. The third-order valence-electron chi connectivity index (χ3n) is 4.38. The van der Waals surface area contributed by atoms with Crippen molar-refractivity contribution in [1.29, 1.82) is 0 Å². The molecule has 0 aromatic heterocycles. The molecule has 0 saturated carbocycles. The summed E-state index contributed by atoms with van der Waals surface area (Å²) >= 11 is 0. The summed E-state index contributed by atoms with van der Waals surface area (Å²) in [6, 6.07) is 19.7. The van der Waals surface area contributed by atoms with Gasteiger partial charge in [-0.05, 0) is 34.7 Å². The maximum absolute atomic E-state index is 15.1. The number of benzene rings is 3. The Bertz CT molecular complexity index is 987. The van der Waals surface area contributed by atoms with Gasteiger partial charge in [-0.3, -0.25) is 9.79 Å². The monoisotopic (exact) mass is 402 g/mol. The van der Waals surface area contributed by atoms with E-state index in [0.29, 0.717) is 17.5 Å². The molecule has 3 aromatic rings. The lowest BCUT2D eigenvalue weighted by Crippen LogP contribution is -2.08. The first-order valence-corrected chi connectivity index (χ1v) is 10.2. The fourth-order valence-corrected chi connectivity index (χ4v) is 3.52. The van der Waals surface area contributed by atoms with E-state index >= 15 is 4.39 Å². The molecule has 28 heavy (non-hydrogen) atoms. The second-order valence-electron chi connectivity index (χ2n) is 6.37. The van der Waals surface area contributed by atoms with Crippen LogP contribution in [0.1, 0.15) is 27.8 Å². The van der Waals surface area contributed by atoms with E-state index in [2.05, 4.69) is 4.52 Å². The molecular formula is C21H20FO5P. The van der Waals surface area contributed by atoms with Crippen LogP contribution >= 0.6 is 7.82 Å². The van der Waals surface area contributed by atoms with Gasteiger partial charge < -0.3 is 9.63 Å². The van der Waals surface area contributed by atoms with E-state index in [1.54, 1.807) is 0 Å². The van der Waals surface area contributed by atoms with Gasteiger partial charge in [-0.1, -0.05) is 60.7 Å². The number of halogens is 1. The topological polar surface area (TPSA) is 87.0 Å². The maximum atomic E-state index is 15.1. The molecule has 0 saturated heterocycles. The normalized spacial score (nSPS) is 11.4. The summed E-state index contributed by atoms with van der Waals surface area (Å²) in [4.78, 5) is 18.3. The third kappa shape index (κ3) is 5.06. The van der Waals surface area contributed by atoms with Crippen molar-refractivity contribution in [3.05, 3.63) is 100 Å². The van der Waals surface area contributed by atoms with Crippen LogP contribution in [0.3, 0.4) is 0 Å².